The Morgan fingerprint density at radius 1 is 1.53 bits per heavy atom. The predicted octanol–water partition coefficient (Wildman–Crippen LogP) is 1.95. The van der Waals surface area contributed by atoms with E-state index in [4.69, 9.17) is 16.3 Å². The van der Waals surface area contributed by atoms with Gasteiger partial charge in [-0.2, -0.15) is 0 Å². The highest BCUT2D eigenvalue weighted by Crippen LogP contribution is 2.32. The van der Waals surface area contributed by atoms with Crippen LogP contribution in [0.2, 0.25) is 5.02 Å². The minimum atomic E-state index is -0.813. The third kappa shape index (κ3) is 3.38. The Labute approximate surface area is 116 Å². The number of rotatable bonds is 3. The average molecular weight is 283 g/mol. The van der Waals surface area contributed by atoms with Crippen LogP contribution >= 0.6 is 11.6 Å². The van der Waals surface area contributed by atoms with Crippen molar-refractivity contribution in [1.82, 2.24) is 5.32 Å². The predicted molar refractivity (Wildman–Crippen MR) is 72.4 cm³/mol. The zero-order chi connectivity index (χ0) is 14.0. The Kier molecular flexibility index (Phi) is 3.95. The second kappa shape index (κ2) is 5.48. The summed E-state index contributed by atoms with van der Waals surface area (Å²) in [5.74, 6) is -0.0346. The summed E-state index contributed by atoms with van der Waals surface area (Å²) in [6, 6.07) is 4.98. The Morgan fingerprint density at radius 3 is 2.95 bits per heavy atom. The third-order valence-corrected chi connectivity index (χ3v) is 2.82. The highest BCUT2D eigenvalue weighted by molar-refractivity contribution is 6.31. The zero-order valence-electron chi connectivity index (χ0n) is 10.7. The van der Waals surface area contributed by atoms with Gasteiger partial charge in [-0.25, -0.2) is 0 Å². The number of amides is 2. The smallest absolute Gasteiger partial charge is 0.266 e. The number of ether oxygens (including phenoxy) is 1. The van der Waals surface area contributed by atoms with Crippen molar-refractivity contribution in [1.29, 1.82) is 0 Å². The van der Waals surface area contributed by atoms with Gasteiger partial charge < -0.3 is 15.4 Å². The van der Waals surface area contributed by atoms with E-state index in [2.05, 4.69) is 10.6 Å². The second-order valence-electron chi connectivity index (χ2n) is 4.66. The molecule has 102 valence electrons. The first-order chi connectivity index (χ1) is 8.95. The van der Waals surface area contributed by atoms with E-state index in [-0.39, 0.29) is 24.3 Å². The van der Waals surface area contributed by atoms with Crippen molar-refractivity contribution in [3.63, 3.8) is 0 Å². The molecule has 0 aromatic heterocycles. The molecule has 0 unspecified atom stereocenters. The lowest BCUT2D eigenvalue weighted by Crippen LogP contribution is -2.42. The molecule has 2 amide bonds. The Balaban J connectivity index is 2.07. The normalized spacial score (nSPS) is 17.5. The first-order valence-electron chi connectivity index (χ1n) is 6.02. The third-order valence-electron chi connectivity index (χ3n) is 2.58. The van der Waals surface area contributed by atoms with Gasteiger partial charge in [0.1, 0.15) is 5.75 Å². The van der Waals surface area contributed by atoms with Gasteiger partial charge in [-0.05, 0) is 32.0 Å². The SMILES string of the molecule is CC(C)NC(=O)C[C@H]1Oc2ccc(Cl)cc2NC1=O. The minimum Gasteiger partial charge on any atom is -0.478 e. The van der Waals surface area contributed by atoms with Gasteiger partial charge in [0, 0.05) is 11.1 Å². The number of halogens is 1. The van der Waals surface area contributed by atoms with Gasteiger partial charge in [0.15, 0.2) is 6.10 Å². The molecule has 0 radical (unpaired) electrons. The number of anilines is 1. The van der Waals surface area contributed by atoms with Gasteiger partial charge in [0.05, 0.1) is 12.1 Å². The molecule has 1 aromatic carbocycles. The zero-order valence-corrected chi connectivity index (χ0v) is 11.5. The minimum absolute atomic E-state index is 0.00786. The number of carbonyl (C=O) groups excluding carboxylic acids is 2. The Morgan fingerprint density at radius 2 is 2.26 bits per heavy atom. The molecule has 2 rings (SSSR count). The fourth-order valence-corrected chi connectivity index (χ4v) is 1.98. The maximum atomic E-state index is 11.8. The first-order valence-corrected chi connectivity index (χ1v) is 6.40. The van der Waals surface area contributed by atoms with Crippen LogP contribution in [0.25, 0.3) is 0 Å². The van der Waals surface area contributed by atoms with Gasteiger partial charge in [-0.1, -0.05) is 11.6 Å². The topological polar surface area (TPSA) is 67.4 Å². The molecule has 1 heterocycles. The first kappa shape index (κ1) is 13.7. The lowest BCUT2D eigenvalue weighted by atomic mass is 10.1. The highest BCUT2D eigenvalue weighted by atomic mass is 35.5. The Bertz CT molecular complexity index is 517. The number of benzene rings is 1. The molecule has 0 bridgehead atoms. The van der Waals surface area contributed by atoms with Crippen molar-refractivity contribution >= 4 is 29.1 Å². The van der Waals surface area contributed by atoms with Gasteiger partial charge in [-0.3, -0.25) is 9.59 Å². The molecule has 1 atom stereocenters. The molecule has 0 fully saturated rings. The maximum absolute atomic E-state index is 11.8. The van der Waals surface area contributed by atoms with E-state index < -0.39 is 6.10 Å². The molecule has 5 nitrogen and oxygen atoms in total. The fraction of sp³-hybridized carbons (Fsp3) is 0.385. The van der Waals surface area contributed by atoms with Crippen LogP contribution in [0.15, 0.2) is 18.2 Å². The van der Waals surface area contributed by atoms with Gasteiger partial charge >= 0.3 is 0 Å². The van der Waals surface area contributed by atoms with Crippen molar-refractivity contribution < 1.29 is 14.3 Å². The lowest BCUT2D eigenvalue weighted by molar-refractivity contribution is -0.130. The molecular weight excluding hydrogens is 268 g/mol. The summed E-state index contributed by atoms with van der Waals surface area (Å²) in [4.78, 5) is 23.5. The van der Waals surface area contributed by atoms with Crippen molar-refractivity contribution in [3.8, 4) is 5.75 Å². The van der Waals surface area contributed by atoms with E-state index in [1.807, 2.05) is 13.8 Å². The molecule has 6 heteroatoms. The summed E-state index contributed by atoms with van der Waals surface area (Å²) in [5, 5.41) is 5.92. The van der Waals surface area contributed by atoms with E-state index in [0.29, 0.717) is 16.5 Å². The lowest BCUT2D eigenvalue weighted by Gasteiger charge is -2.25. The van der Waals surface area contributed by atoms with Crippen molar-refractivity contribution in [2.24, 2.45) is 0 Å². The molecule has 0 spiro atoms. The molecule has 0 aliphatic carbocycles. The summed E-state index contributed by atoms with van der Waals surface area (Å²) in [7, 11) is 0. The number of hydrogen-bond donors (Lipinski definition) is 2. The van der Waals surface area contributed by atoms with Crippen LogP contribution in [0.4, 0.5) is 5.69 Å². The van der Waals surface area contributed by atoms with E-state index in [1.54, 1.807) is 18.2 Å². The molecule has 19 heavy (non-hydrogen) atoms. The monoisotopic (exact) mass is 282 g/mol. The molecule has 2 N–H and O–H groups in total. The number of nitrogens with one attached hydrogen (secondary N) is 2. The second-order valence-corrected chi connectivity index (χ2v) is 5.10. The van der Waals surface area contributed by atoms with Crippen molar-refractivity contribution in [2.45, 2.75) is 32.4 Å². The maximum Gasteiger partial charge on any atom is 0.266 e. The molecule has 1 aromatic rings. The quantitative estimate of drug-likeness (QED) is 0.890. The van der Waals surface area contributed by atoms with Gasteiger partial charge in [-0.15, -0.1) is 0 Å². The van der Waals surface area contributed by atoms with Crippen LogP contribution < -0.4 is 15.4 Å². The summed E-state index contributed by atoms with van der Waals surface area (Å²) in [6.45, 7) is 3.72. The molecule has 1 aliphatic rings. The standard InChI is InChI=1S/C13H15ClN2O3/c1-7(2)15-12(17)6-11-13(18)16-9-5-8(14)3-4-10(9)19-11/h3-5,7,11H,6H2,1-2H3,(H,15,17)(H,16,18)/t11-/m1/s1. The summed E-state index contributed by atoms with van der Waals surface area (Å²) < 4.78 is 5.52. The highest BCUT2D eigenvalue weighted by Gasteiger charge is 2.29. The number of carbonyl (C=O) groups is 2. The summed E-state index contributed by atoms with van der Waals surface area (Å²) >= 11 is 5.83. The van der Waals surface area contributed by atoms with Crippen LogP contribution in [0.3, 0.4) is 0 Å². The van der Waals surface area contributed by atoms with Crippen LogP contribution in [0, 0.1) is 0 Å². The van der Waals surface area contributed by atoms with E-state index in [0.717, 1.165) is 0 Å². The van der Waals surface area contributed by atoms with Crippen LogP contribution in [0.5, 0.6) is 5.75 Å². The van der Waals surface area contributed by atoms with Crippen LogP contribution in [0.1, 0.15) is 20.3 Å². The van der Waals surface area contributed by atoms with Crippen molar-refractivity contribution in [2.75, 3.05) is 5.32 Å². The molecule has 1 aliphatic heterocycles. The van der Waals surface area contributed by atoms with Gasteiger partial charge in [0.2, 0.25) is 5.91 Å². The number of hydrogen-bond acceptors (Lipinski definition) is 3. The fourth-order valence-electron chi connectivity index (χ4n) is 1.81. The molecular formula is C13H15ClN2O3. The summed E-state index contributed by atoms with van der Waals surface area (Å²) in [6.07, 6.45) is -0.820. The van der Waals surface area contributed by atoms with Crippen LogP contribution in [-0.2, 0) is 9.59 Å². The molecule has 0 saturated carbocycles. The Hall–Kier alpha value is -1.75. The average Bonchev–Trinajstić information content (AvgIpc) is 2.29. The molecule has 0 saturated heterocycles. The largest absolute Gasteiger partial charge is 0.478 e. The summed E-state index contributed by atoms with van der Waals surface area (Å²) in [5.41, 5.74) is 0.526. The van der Waals surface area contributed by atoms with Crippen LogP contribution in [-0.4, -0.2) is 24.0 Å². The number of fused-ring (bicyclic) bond motifs is 1. The van der Waals surface area contributed by atoms with E-state index in [9.17, 15) is 9.59 Å². The van der Waals surface area contributed by atoms with Gasteiger partial charge in [0.25, 0.3) is 5.91 Å². The van der Waals surface area contributed by atoms with E-state index in [1.165, 1.54) is 0 Å². The van der Waals surface area contributed by atoms with E-state index >= 15 is 0 Å². The van der Waals surface area contributed by atoms with Crippen molar-refractivity contribution in [3.05, 3.63) is 23.2 Å².